The van der Waals surface area contributed by atoms with Crippen molar-refractivity contribution < 1.29 is 14.1 Å². The molecule has 1 heterocycles. The summed E-state index contributed by atoms with van der Waals surface area (Å²) in [4.78, 5) is 22.8. The summed E-state index contributed by atoms with van der Waals surface area (Å²) >= 11 is 15.7. The number of hydrogen-bond acceptors (Lipinski definition) is 4. The Balaban J connectivity index is 2.48. The van der Waals surface area contributed by atoms with Crippen molar-refractivity contribution in [2.45, 2.75) is 6.92 Å². The molecule has 0 aliphatic heterocycles. The molecule has 0 aliphatic rings. The lowest BCUT2D eigenvalue weighted by atomic mass is 10.1. The number of hydrazine groups is 1. The SMILES string of the molecule is Cc1onc(-c2c(Cl)cccc2Cl)c1C(=O)NNC(=O)S. The summed E-state index contributed by atoms with van der Waals surface area (Å²) in [5.41, 5.74) is 4.91. The van der Waals surface area contributed by atoms with Gasteiger partial charge < -0.3 is 4.52 Å². The van der Waals surface area contributed by atoms with Gasteiger partial charge in [0.15, 0.2) is 0 Å². The normalized spacial score (nSPS) is 10.3. The van der Waals surface area contributed by atoms with E-state index in [1.165, 1.54) is 0 Å². The topological polar surface area (TPSA) is 84.2 Å². The van der Waals surface area contributed by atoms with Crippen LogP contribution in [0.2, 0.25) is 10.0 Å². The van der Waals surface area contributed by atoms with Crippen LogP contribution in [0, 0.1) is 6.92 Å². The number of carbonyl (C=O) groups excluding carboxylic acids is 2. The van der Waals surface area contributed by atoms with Crippen LogP contribution in [0.3, 0.4) is 0 Å². The number of benzene rings is 1. The highest BCUT2D eigenvalue weighted by atomic mass is 35.5. The van der Waals surface area contributed by atoms with E-state index in [0.717, 1.165) is 0 Å². The first-order valence-corrected chi connectivity index (χ1v) is 6.82. The summed E-state index contributed by atoms with van der Waals surface area (Å²) in [7, 11) is 0. The molecule has 1 aromatic heterocycles. The van der Waals surface area contributed by atoms with Crippen molar-refractivity contribution in [2.75, 3.05) is 0 Å². The summed E-state index contributed by atoms with van der Waals surface area (Å²) < 4.78 is 5.03. The number of aryl methyl sites for hydroxylation is 1. The number of nitrogens with one attached hydrogen (secondary N) is 2. The van der Waals surface area contributed by atoms with Crippen molar-refractivity contribution in [1.82, 2.24) is 16.0 Å². The van der Waals surface area contributed by atoms with Gasteiger partial charge in [0.25, 0.3) is 11.1 Å². The maximum absolute atomic E-state index is 12.1. The summed E-state index contributed by atoms with van der Waals surface area (Å²) in [6.45, 7) is 1.55. The number of carbonyl (C=O) groups is 2. The third-order valence-electron chi connectivity index (χ3n) is 2.57. The molecule has 0 fully saturated rings. The Hall–Kier alpha value is -1.70. The van der Waals surface area contributed by atoms with Crippen LogP contribution in [0.25, 0.3) is 11.3 Å². The largest absolute Gasteiger partial charge is 0.360 e. The zero-order valence-electron chi connectivity index (χ0n) is 10.6. The Morgan fingerprint density at radius 1 is 1.24 bits per heavy atom. The maximum Gasteiger partial charge on any atom is 0.294 e. The quantitative estimate of drug-likeness (QED) is 0.576. The molecule has 2 rings (SSSR count). The van der Waals surface area contributed by atoms with Crippen LogP contribution in [-0.2, 0) is 0 Å². The molecule has 0 radical (unpaired) electrons. The van der Waals surface area contributed by atoms with Crippen molar-refractivity contribution in [2.24, 2.45) is 0 Å². The van der Waals surface area contributed by atoms with Crippen LogP contribution in [0.5, 0.6) is 0 Å². The highest BCUT2D eigenvalue weighted by Gasteiger charge is 2.24. The molecule has 0 atom stereocenters. The molecule has 0 saturated carbocycles. The van der Waals surface area contributed by atoms with Crippen molar-refractivity contribution in [3.63, 3.8) is 0 Å². The van der Waals surface area contributed by atoms with Gasteiger partial charge in [0.1, 0.15) is 17.0 Å². The van der Waals surface area contributed by atoms with Crippen molar-refractivity contribution in [3.05, 3.63) is 39.6 Å². The van der Waals surface area contributed by atoms with Gasteiger partial charge in [-0.1, -0.05) is 47.1 Å². The van der Waals surface area contributed by atoms with E-state index in [0.29, 0.717) is 15.6 Å². The molecule has 21 heavy (non-hydrogen) atoms. The minimum absolute atomic E-state index is 0.118. The molecular weight excluding hydrogens is 337 g/mol. The Kier molecular flexibility index (Phi) is 4.76. The van der Waals surface area contributed by atoms with Crippen LogP contribution in [0.15, 0.2) is 22.7 Å². The third-order valence-corrected chi connectivity index (χ3v) is 3.31. The van der Waals surface area contributed by atoms with E-state index in [2.05, 4.69) is 28.6 Å². The lowest BCUT2D eigenvalue weighted by Gasteiger charge is -2.07. The second-order valence-corrected chi connectivity index (χ2v) is 5.16. The first kappa shape index (κ1) is 15.7. The minimum atomic E-state index is -0.713. The van der Waals surface area contributed by atoms with E-state index in [1.54, 1.807) is 25.1 Å². The lowest BCUT2D eigenvalue weighted by Crippen LogP contribution is -2.39. The molecule has 9 heteroatoms. The maximum atomic E-state index is 12.1. The highest BCUT2D eigenvalue weighted by molar-refractivity contribution is 7.96. The van der Waals surface area contributed by atoms with Crippen molar-refractivity contribution in [3.8, 4) is 11.3 Å². The Morgan fingerprint density at radius 3 is 2.43 bits per heavy atom. The predicted molar refractivity (Wildman–Crippen MR) is 81.7 cm³/mol. The van der Waals surface area contributed by atoms with Gasteiger partial charge in [0.05, 0.1) is 10.0 Å². The standard InChI is InChI=1S/C12H9Cl2N3O3S/c1-5-8(11(18)15-16-12(19)21)10(17-20-5)9-6(13)3-2-4-7(9)14/h2-4H,1H3,(H,15,18)(H2,16,19,21). The van der Waals surface area contributed by atoms with Gasteiger partial charge in [-0.05, 0) is 19.1 Å². The Morgan fingerprint density at radius 2 is 1.86 bits per heavy atom. The van der Waals surface area contributed by atoms with E-state index in [9.17, 15) is 9.59 Å². The number of rotatable bonds is 2. The Bertz CT molecular complexity index is 698. The molecule has 1 aromatic carbocycles. The fraction of sp³-hybridized carbons (Fsp3) is 0.0833. The first-order chi connectivity index (χ1) is 9.91. The molecule has 110 valence electrons. The van der Waals surface area contributed by atoms with Crippen LogP contribution >= 0.6 is 35.8 Å². The highest BCUT2D eigenvalue weighted by Crippen LogP contribution is 2.36. The summed E-state index contributed by atoms with van der Waals surface area (Å²) in [6, 6.07) is 4.90. The van der Waals surface area contributed by atoms with E-state index in [-0.39, 0.29) is 17.0 Å². The number of aromatic nitrogens is 1. The molecule has 2 N–H and O–H groups in total. The second-order valence-electron chi connectivity index (χ2n) is 3.94. The molecule has 2 aromatic rings. The van der Waals surface area contributed by atoms with Gasteiger partial charge in [0, 0.05) is 5.56 Å². The van der Waals surface area contributed by atoms with Crippen LogP contribution in [0.4, 0.5) is 4.79 Å². The van der Waals surface area contributed by atoms with Gasteiger partial charge in [-0.3, -0.25) is 20.4 Å². The smallest absolute Gasteiger partial charge is 0.294 e. The molecule has 0 unspecified atom stereocenters. The fourth-order valence-corrected chi connectivity index (χ4v) is 2.34. The minimum Gasteiger partial charge on any atom is -0.360 e. The lowest BCUT2D eigenvalue weighted by molar-refractivity contribution is 0.0938. The first-order valence-electron chi connectivity index (χ1n) is 5.61. The Labute approximate surface area is 135 Å². The molecule has 2 amide bonds. The summed E-state index contributed by atoms with van der Waals surface area (Å²) in [5.74, 6) is -0.367. The van der Waals surface area contributed by atoms with Crippen molar-refractivity contribution in [1.29, 1.82) is 0 Å². The second kappa shape index (κ2) is 6.38. The monoisotopic (exact) mass is 345 g/mol. The van der Waals surface area contributed by atoms with E-state index >= 15 is 0 Å². The number of amides is 2. The fourth-order valence-electron chi connectivity index (χ4n) is 1.71. The number of halogens is 2. The van der Waals surface area contributed by atoms with Gasteiger partial charge in [-0.2, -0.15) is 0 Å². The third kappa shape index (κ3) is 3.31. The van der Waals surface area contributed by atoms with Crippen molar-refractivity contribution >= 4 is 47.0 Å². The van der Waals surface area contributed by atoms with E-state index in [4.69, 9.17) is 27.7 Å². The van der Waals surface area contributed by atoms with Crippen LogP contribution in [0.1, 0.15) is 16.1 Å². The van der Waals surface area contributed by atoms with Gasteiger partial charge in [-0.25, -0.2) is 0 Å². The number of thiol groups is 1. The zero-order valence-corrected chi connectivity index (χ0v) is 13.0. The molecule has 0 aliphatic carbocycles. The average Bonchev–Trinajstić information content (AvgIpc) is 2.78. The van der Waals surface area contributed by atoms with E-state index in [1.807, 2.05) is 0 Å². The zero-order chi connectivity index (χ0) is 15.6. The summed E-state index contributed by atoms with van der Waals surface area (Å²) in [5, 5.41) is 3.75. The van der Waals surface area contributed by atoms with Gasteiger partial charge in [0.2, 0.25) is 0 Å². The summed E-state index contributed by atoms with van der Waals surface area (Å²) in [6.07, 6.45) is 0. The van der Waals surface area contributed by atoms with E-state index < -0.39 is 11.1 Å². The average molecular weight is 346 g/mol. The molecular formula is C12H9Cl2N3O3S. The van der Waals surface area contributed by atoms with Crippen LogP contribution < -0.4 is 10.9 Å². The molecule has 0 bridgehead atoms. The molecule has 0 saturated heterocycles. The predicted octanol–water partition coefficient (Wildman–Crippen LogP) is 3.24. The molecule has 0 spiro atoms. The van der Waals surface area contributed by atoms with Gasteiger partial charge >= 0.3 is 0 Å². The number of nitrogens with zero attached hydrogens (tertiary/aromatic N) is 1. The van der Waals surface area contributed by atoms with Gasteiger partial charge in [-0.15, -0.1) is 0 Å². The van der Waals surface area contributed by atoms with Crippen LogP contribution in [-0.4, -0.2) is 16.3 Å². The molecule has 6 nitrogen and oxygen atoms in total. The number of hydrogen-bond donors (Lipinski definition) is 3.